The molecule has 0 unspecified atom stereocenters. The van der Waals surface area contributed by atoms with Crippen LogP contribution in [0.15, 0.2) is 12.1 Å². The molecule has 0 saturated heterocycles. The highest BCUT2D eigenvalue weighted by Gasteiger charge is 2.28. The third-order valence-electron chi connectivity index (χ3n) is 2.46. The second kappa shape index (κ2) is 4.43. The fraction of sp³-hybridized carbons (Fsp3) is 0.400. The molecule has 1 aliphatic heterocycles. The first kappa shape index (κ1) is 10.8. The molecule has 1 aliphatic rings. The van der Waals surface area contributed by atoms with Gasteiger partial charge in [0.1, 0.15) is 0 Å². The minimum absolute atomic E-state index is 0.435. The zero-order valence-electron chi connectivity index (χ0n) is 8.59. The van der Waals surface area contributed by atoms with Gasteiger partial charge >= 0.3 is 7.12 Å². The van der Waals surface area contributed by atoms with Gasteiger partial charge in [-0.05, 0) is 29.6 Å². The average Bonchev–Trinajstić information content (AvgIpc) is 2.57. The van der Waals surface area contributed by atoms with Crippen LogP contribution in [-0.2, 0) is 11.3 Å². The van der Waals surface area contributed by atoms with E-state index in [-0.39, 0.29) is 0 Å². The van der Waals surface area contributed by atoms with Crippen molar-refractivity contribution in [2.24, 2.45) is 0 Å². The number of hydrogen-bond acceptors (Lipinski definition) is 3. The summed E-state index contributed by atoms with van der Waals surface area (Å²) in [5, 5.41) is 13.4. The van der Waals surface area contributed by atoms with E-state index in [0.29, 0.717) is 11.6 Å². The van der Waals surface area contributed by atoms with E-state index in [1.54, 1.807) is 0 Å². The van der Waals surface area contributed by atoms with Crippen LogP contribution < -0.4 is 10.8 Å². The molecule has 0 atom stereocenters. The van der Waals surface area contributed by atoms with Crippen molar-refractivity contribution in [2.75, 3.05) is 11.9 Å². The molecule has 1 heterocycles. The van der Waals surface area contributed by atoms with Crippen molar-refractivity contribution in [3.63, 3.8) is 0 Å². The average molecular weight is 225 g/mol. The quantitative estimate of drug-likeness (QED) is 0.764. The molecule has 5 heteroatoms. The van der Waals surface area contributed by atoms with Gasteiger partial charge in [-0.2, -0.15) is 0 Å². The Kier molecular flexibility index (Phi) is 3.19. The van der Waals surface area contributed by atoms with Crippen molar-refractivity contribution in [3.05, 3.63) is 22.7 Å². The van der Waals surface area contributed by atoms with Crippen molar-refractivity contribution in [1.82, 2.24) is 0 Å². The Morgan fingerprint density at radius 2 is 2.40 bits per heavy atom. The summed E-state index contributed by atoms with van der Waals surface area (Å²) in [5.41, 5.74) is 2.65. The van der Waals surface area contributed by atoms with Gasteiger partial charge in [-0.3, -0.25) is 0 Å². The van der Waals surface area contributed by atoms with Gasteiger partial charge in [0, 0.05) is 6.54 Å². The van der Waals surface area contributed by atoms with Crippen molar-refractivity contribution >= 4 is 29.9 Å². The van der Waals surface area contributed by atoms with Crippen molar-refractivity contribution < 1.29 is 9.68 Å². The van der Waals surface area contributed by atoms with Gasteiger partial charge in [0.2, 0.25) is 0 Å². The van der Waals surface area contributed by atoms with Crippen LogP contribution >= 0.6 is 11.6 Å². The standard InChI is InChI=1S/C10H13BClNO2/c1-2-3-13-10-5-8-7(4-9(10)12)6-15-11(8)14/h4-5,13-14H,2-3,6H2,1H3. The van der Waals surface area contributed by atoms with Crippen LogP contribution in [0.1, 0.15) is 18.9 Å². The summed E-state index contributed by atoms with van der Waals surface area (Å²) in [5.74, 6) is 0. The minimum Gasteiger partial charge on any atom is -0.423 e. The Bertz CT molecular complexity index is 373. The molecule has 0 radical (unpaired) electrons. The summed E-state index contributed by atoms with van der Waals surface area (Å²) in [7, 11) is -0.806. The van der Waals surface area contributed by atoms with Gasteiger partial charge in [-0.25, -0.2) is 0 Å². The molecule has 0 bridgehead atoms. The molecule has 0 saturated carbocycles. The second-order valence-corrected chi connectivity index (χ2v) is 4.03. The zero-order valence-corrected chi connectivity index (χ0v) is 9.34. The molecular weight excluding hydrogens is 212 g/mol. The molecule has 3 nitrogen and oxygen atoms in total. The SMILES string of the molecule is CCCNc1cc2c(cc1Cl)COB2O. The smallest absolute Gasteiger partial charge is 0.423 e. The van der Waals surface area contributed by atoms with E-state index in [1.165, 1.54) is 0 Å². The highest BCUT2D eigenvalue weighted by atomic mass is 35.5. The Balaban J connectivity index is 2.28. The largest absolute Gasteiger partial charge is 0.491 e. The first-order valence-electron chi connectivity index (χ1n) is 5.08. The topological polar surface area (TPSA) is 41.5 Å². The molecule has 0 amide bonds. The lowest BCUT2D eigenvalue weighted by Crippen LogP contribution is -2.28. The van der Waals surface area contributed by atoms with Gasteiger partial charge in [-0.1, -0.05) is 18.5 Å². The maximum atomic E-state index is 9.53. The Morgan fingerprint density at radius 1 is 1.60 bits per heavy atom. The Labute approximate surface area is 94.5 Å². The van der Waals surface area contributed by atoms with Crippen molar-refractivity contribution in [1.29, 1.82) is 0 Å². The summed E-state index contributed by atoms with van der Waals surface area (Å²) >= 11 is 6.09. The molecule has 15 heavy (non-hydrogen) atoms. The molecule has 0 aliphatic carbocycles. The highest BCUT2D eigenvalue weighted by Crippen LogP contribution is 2.24. The van der Waals surface area contributed by atoms with E-state index in [1.807, 2.05) is 12.1 Å². The van der Waals surface area contributed by atoms with E-state index in [9.17, 15) is 5.02 Å². The van der Waals surface area contributed by atoms with E-state index < -0.39 is 7.12 Å². The third-order valence-corrected chi connectivity index (χ3v) is 2.77. The van der Waals surface area contributed by atoms with Crippen molar-refractivity contribution in [3.8, 4) is 0 Å². The number of benzene rings is 1. The molecule has 2 rings (SSSR count). The van der Waals surface area contributed by atoms with Crippen LogP contribution in [0.3, 0.4) is 0 Å². The van der Waals surface area contributed by atoms with Gasteiger partial charge in [0.05, 0.1) is 17.3 Å². The second-order valence-electron chi connectivity index (χ2n) is 3.62. The van der Waals surface area contributed by atoms with Crippen molar-refractivity contribution in [2.45, 2.75) is 20.0 Å². The predicted molar refractivity (Wildman–Crippen MR) is 62.6 cm³/mol. The number of hydrogen-bond donors (Lipinski definition) is 2. The normalized spacial score (nSPS) is 14.2. The first-order chi connectivity index (χ1) is 7.22. The fourth-order valence-electron chi connectivity index (χ4n) is 1.64. The Morgan fingerprint density at radius 3 is 3.13 bits per heavy atom. The molecule has 1 aromatic carbocycles. The maximum absolute atomic E-state index is 9.53. The van der Waals surface area contributed by atoms with E-state index in [0.717, 1.165) is 29.7 Å². The third kappa shape index (κ3) is 2.12. The first-order valence-corrected chi connectivity index (χ1v) is 5.46. The molecule has 0 fully saturated rings. The summed E-state index contributed by atoms with van der Waals surface area (Å²) in [4.78, 5) is 0. The molecule has 1 aromatic rings. The number of nitrogens with one attached hydrogen (secondary N) is 1. The maximum Gasteiger partial charge on any atom is 0.491 e. The zero-order chi connectivity index (χ0) is 10.8. The summed E-state index contributed by atoms with van der Waals surface area (Å²) in [6, 6.07) is 3.72. The van der Waals surface area contributed by atoms with E-state index in [4.69, 9.17) is 16.3 Å². The van der Waals surface area contributed by atoms with Gasteiger partial charge in [0.25, 0.3) is 0 Å². The number of rotatable bonds is 3. The summed E-state index contributed by atoms with van der Waals surface area (Å²) in [6.07, 6.45) is 1.03. The van der Waals surface area contributed by atoms with E-state index in [2.05, 4.69) is 12.2 Å². The monoisotopic (exact) mass is 225 g/mol. The predicted octanol–water partition coefficient (Wildman–Crippen LogP) is 1.38. The van der Waals surface area contributed by atoms with Crippen LogP contribution in [0.5, 0.6) is 0 Å². The molecular formula is C10H13BClNO2. The Hall–Kier alpha value is -0.705. The highest BCUT2D eigenvalue weighted by molar-refractivity contribution is 6.61. The minimum atomic E-state index is -0.806. The summed E-state index contributed by atoms with van der Waals surface area (Å²) < 4.78 is 5.11. The lowest BCUT2D eigenvalue weighted by Gasteiger charge is -2.09. The van der Waals surface area contributed by atoms with Crippen LogP contribution in [0.4, 0.5) is 5.69 Å². The molecule has 80 valence electrons. The molecule has 0 spiro atoms. The lowest BCUT2D eigenvalue weighted by atomic mass is 9.79. The molecule has 0 aromatic heterocycles. The fourth-order valence-corrected chi connectivity index (χ4v) is 1.89. The van der Waals surface area contributed by atoms with Crippen LogP contribution in [-0.4, -0.2) is 18.7 Å². The summed E-state index contributed by atoms with van der Waals surface area (Å²) in [6.45, 7) is 3.39. The van der Waals surface area contributed by atoms with Gasteiger partial charge < -0.3 is 15.0 Å². The number of halogens is 1. The van der Waals surface area contributed by atoms with Gasteiger partial charge in [-0.15, -0.1) is 0 Å². The van der Waals surface area contributed by atoms with Crippen LogP contribution in [0.2, 0.25) is 5.02 Å². The van der Waals surface area contributed by atoms with Crippen LogP contribution in [0, 0.1) is 0 Å². The van der Waals surface area contributed by atoms with E-state index >= 15 is 0 Å². The van der Waals surface area contributed by atoms with Gasteiger partial charge in [0.15, 0.2) is 0 Å². The lowest BCUT2D eigenvalue weighted by molar-refractivity contribution is 0.275. The number of anilines is 1. The van der Waals surface area contributed by atoms with Crippen LogP contribution in [0.25, 0.3) is 0 Å². The number of fused-ring (bicyclic) bond motifs is 1. The molecule has 2 N–H and O–H groups in total.